The molecule has 1 aromatic heterocycles. The summed E-state index contributed by atoms with van der Waals surface area (Å²) in [5.74, 6) is 1.06. The number of aromatic nitrogens is 2. The predicted octanol–water partition coefficient (Wildman–Crippen LogP) is 4.49. The molecule has 2 heterocycles. The number of anilines is 5. The van der Waals surface area contributed by atoms with Gasteiger partial charge in [-0.15, -0.1) is 0 Å². The first kappa shape index (κ1) is 25.9. The van der Waals surface area contributed by atoms with Crippen LogP contribution in [-0.2, 0) is 14.8 Å². The van der Waals surface area contributed by atoms with Crippen LogP contribution in [0.5, 0.6) is 0 Å². The van der Waals surface area contributed by atoms with E-state index in [1.54, 1.807) is 18.2 Å². The van der Waals surface area contributed by atoms with Gasteiger partial charge in [-0.05, 0) is 77.1 Å². The summed E-state index contributed by atoms with van der Waals surface area (Å²) >= 11 is 0. The monoisotopic (exact) mass is 510 g/mol. The van der Waals surface area contributed by atoms with E-state index in [0.717, 1.165) is 48.9 Å². The Hall–Kier alpha value is -3.21. The highest BCUT2D eigenvalue weighted by molar-refractivity contribution is 7.89. The molecule has 10 heteroatoms. The molecule has 0 saturated carbocycles. The largest absolute Gasteiger partial charge is 0.378 e. The van der Waals surface area contributed by atoms with E-state index >= 15 is 0 Å². The molecule has 1 fully saturated rings. The second-order valence-corrected chi connectivity index (χ2v) is 11.6. The summed E-state index contributed by atoms with van der Waals surface area (Å²) in [7, 11) is -3.66. The van der Waals surface area contributed by atoms with Crippen molar-refractivity contribution in [3.8, 4) is 0 Å². The summed E-state index contributed by atoms with van der Waals surface area (Å²) in [6.45, 7) is 12.5. The third kappa shape index (κ3) is 6.51. The number of sulfonamides is 1. The van der Waals surface area contributed by atoms with Gasteiger partial charge in [0.2, 0.25) is 16.0 Å². The summed E-state index contributed by atoms with van der Waals surface area (Å²) < 4.78 is 33.7. The first-order valence-corrected chi connectivity index (χ1v) is 13.4. The molecule has 1 aliphatic rings. The molecule has 1 aliphatic heterocycles. The van der Waals surface area contributed by atoms with E-state index in [0.29, 0.717) is 17.5 Å². The molecule has 0 spiro atoms. The van der Waals surface area contributed by atoms with E-state index < -0.39 is 15.6 Å². The van der Waals surface area contributed by atoms with E-state index in [2.05, 4.69) is 42.4 Å². The van der Waals surface area contributed by atoms with Crippen LogP contribution in [0.25, 0.3) is 0 Å². The minimum atomic E-state index is -3.66. The van der Waals surface area contributed by atoms with Gasteiger partial charge in [0.15, 0.2) is 0 Å². The van der Waals surface area contributed by atoms with E-state index in [4.69, 9.17) is 4.74 Å². The standard InChI is InChI=1S/C26H34N6O3S/c1-18-19(2)27-25(29-20-9-11-22(12-10-20)32-13-15-35-16-14-32)30-24(18)28-21-7-6-8-23(17-21)36(33,34)31-26(3,4)5/h6-12,17,31H,13-16H2,1-5H3,(H2,27,28,29,30). The molecule has 0 bridgehead atoms. The number of morpholine rings is 1. The Balaban J connectivity index is 1.53. The van der Waals surface area contributed by atoms with Gasteiger partial charge in [0, 0.05) is 46.9 Å². The first-order chi connectivity index (χ1) is 17.0. The summed E-state index contributed by atoms with van der Waals surface area (Å²) in [6.07, 6.45) is 0. The highest BCUT2D eigenvalue weighted by atomic mass is 32.2. The molecule has 36 heavy (non-hydrogen) atoms. The summed E-state index contributed by atoms with van der Waals surface area (Å²) in [4.78, 5) is 11.7. The fourth-order valence-electron chi connectivity index (χ4n) is 3.85. The number of hydrogen-bond acceptors (Lipinski definition) is 8. The van der Waals surface area contributed by atoms with Crippen molar-refractivity contribution in [3.63, 3.8) is 0 Å². The molecular weight excluding hydrogens is 476 g/mol. The van der Waals surface area contributed by atoms with Crippen molar-refractivity contribution in [2.45, 2.75) is 45.1 Å². The second kappa shape index (κ2) is 10.4. The molecule has 2 aromatic carbocycles. The van der Waals surface area contributed by atoms with E-state index in [9.17, 15) is 8.42 Å². The first-order valence-electron chi connectivity index (χ1n) is 12.0. The van der Waals surface area contributed by atoms with Gasteiger partial charge in [-0.3, -0.25) is 0 Å². The molecule has 3 N–H and O–H groups in total. The lowest BCUT2D eigenvalue weighted by Crippen LogP contribution is -2.40. The smallest absolute Gasteiger partial charge is 0.241 e. The van der Waals surface area contributed by atoms with Crippen LogP contribution in [0.15, 0.2) is 53.4 Å². The number of rotatable bonds is 7. The van der Waals surface area contributed by atoms with Crippen LogP contribution in [0.1, 0.15) is 32.0 Å². The number of ether oxygens (including phenoxy) is 1. The van der Waals surface area contributed by atoms with Gasteiger partial charge in [-0.25, -0.2) is 18.1 Å². The second-order valence-electron chi connectivity index (χ2n) is 9.89. The fourth-order valence-corrected chi connectivity index (χ4v) is 5.32. The van der Waals surface area contributed by atoms with Crippen LogP contribution < -0.4 is 20.3 Å². The number of aryl methyl sites for hydroxylation is 1. The van der Waals surface area contributed by atoms with E-state index in [-0.39, 0.29) is 4.90 Å². The number of hydrogen-bond donors (Lipinski definition) is 3. The van der Waals surface area contributed by atoms with Gasteiger partial charge in [-0.1, -0.05) is 6.07 Å². The zero-order valence-corrected chi connectivity index (χ0v) is 22.2. The topological polar surface area (TPSA) is 108 Å². The molecule has 0 aliphatic carbocycles. The van der Waals surface area contributed by atoms with Gasteiger partial charge < -0.3 is 20.3 Å². The predicted molar refractivity (Wildman–Crippen MR) is 144 cm³/mol. The average Bonchev–Trinajstić information content (AvgIpc) is 2.82. The minimum Gasteiger partial charge on any atom is -0.378 e. The molecule has 1 saturated heterocycles. The van der Waals surface area contributed by atoms with Crippen LogP contribution in [0, 0.1) is 13.8 Å². The lowest BCUT2D eigenvalue weighted by molar-refractivity contribution is 0.122. The van der Waals surface area contributed by atoms with Crippen molar-refractivity contribution >= 4 is 38.9 Å². The number of benzene rings is 2. The Bertz CT molecular complexity index is 1310. The molecule has 0 amide bonds. The molecule has 192 valence electrons. The summed E-state index contributed by atoms with van der Waals surface area (Å²) in [5, 5.41) is 6.54. The maximum absolute atomic E-state index is 12.8. The van der Waals surface area contributed by atoms with Crippen molar-refractivity contribution in [1.82, 2.24) is 14.7 Å². The number of nitrogens with one attached hydrogen (secondary N) is 3. The van der Waals surface area contributed by atoms with Gasteiger partial charge >= 0.3 is 0 Å². The molecule has 3 aromatic rings. The molecular formula is C26H34N6O3S. The Morgan fingerprint density at radius 3 is 2.28 bits per heavy atom. The Kier molecular flexibility index (Phi) is 7.49. The van der Waals surface area contributed by atoms with Crippen molar-refractivity contribution in [1.29, 1.82) is 0 Å². The highest BCUT2D eigenvalue weighted by Crippen LogP contribution is 2.26. The zero-order chi connectivity index (χ0) is 25.9. The van der Waals surface area contributed by atoms with Gasteiger partial charge in [0.1, 0.15) is 5.82 Å². The molecule has 9 nitrogen and oxygen atoms in total. The van der Waals surface area contributed by atoms with Crippen LogP contribution in [0.3, 0.4) is 0 Å². The molecule has 0 radical (unpaired) electrons. The fraction of sp³-hybridized carbons (Fsp3) is 0.385. The quantitative estimate of drug-likeness (QED) is 0.427. The van der Waals surface area contributed by atoms with Crippen LogP contribution in [0.2, 0.25) is 0 Å². The average molecular weight is 511 g/mol. The van der Waals surface area contributed by atoms with Gasteiger partial charge in [0.05, 0.1) is 18.1 Å². The Morgan fingerprint density at radius 2 is 1.61 bits per heavy atom. The third-order valence-corrected chi connectivity index (χ3v) is 7.49. The summed E-state index contributed by atoms with van der Waals surface area (Å²) in [6, 6.07) is 14.9. The Labute approximate surface area is 213 Å². The van der Waals surface area contributed by atoms with Crippen molar-refractivity contribution in [2.24, 2.45) is 0 Å². The van der Waals surface area contributed by atoms with Gasteiger partial charge in [-0.2, -0.15) is 4.98 Å². The molecule has 0 unspecified atom stereocenters. The van der Waals surface area contributed by atoms with Crippen LogP contribution in [-0.4, -0.2) is 50.2 Å². The highest BCUT2D eigenvalue weighted by Gasteiger charge is 2.22. The normalized spacial score (nSPS) is 14.5. The molecule has 4 rings (SSSR count). The SMILES string of the molecule is Cc1nc(Nc2ccc(N3CCOCC3)cc2)nc(Nc2cccc(S(=O)(=O)NC(C)(C)C)c2)c1C. The number of nitrogens with zero attached hydrogens (tertiary/aromatic N) is 3. The lowest BCUT2D eigenvalue weighted by atomic mass is 10.1. The van der Waals surface area contributed by atoms with Crippen molar-refractivity contribution in [2.75, 3.05) is 41.8 Å². The van der Waals surface area contributed by atoms with Gasteiger partial charge in [0.25, 0.3) is 0 Å². The lowest BCUT2D eigenvalue weighted by Gasteiger charge is -2.28. The Morgan fingerprint density at radius 1 is 0.917 bits per heavy atom. The van der Waals surface area contributed by atoms with Crippen LogP contribution in [0.4, 0.5) is 28.8 Å². The minimum absolute atomic E-state index is 0.185. The zero-order valence-electron chi connectivity index (χ0n) is 21.4. The van der Waals surface area contributed by atoms with Crippen molar-refractivity contribution in [3.05, 3.63) is 59.8 Å². The molecule has 0 atom stereocenters. The summed E-state index contributed by atoms with van der Waals surface area (Å²) in [5.41, 5.74) is 3.77. The van der Waals surface area contributed by atoms with E-state index in [1.807, 2.05) is 52.8 Å². The van der Waals surface area contributed by atoms with E-state index in [1.165, 1.54) is 0 Å². The third-order valence-electron chi connectivity index (χ3n) is 5.74. The van der Waals surface area contributed by atoms with Crippen LogP contribution >= 0.6 is 0 Å². The maximum Gasteiger partial charge on any atom is 0.241 e. The maximum atomic E-state index is 12.8. The van der Waals surface area contributed by atoms with Crippen molar-refractivity contribution < 1.29 is 13.2 Å².